The van der Waals surface area contributed by atoms with Gasteiger partial charge in [0.1, 0.15) is 0 Å². The van der Waals surface area contributed by atoms with E-state index in [0.717, 1.165) is 11.1 Å². The first-order chi connectivity index (χ1) is 10.2. The fourth-order valence-electron chi connectivity index (χ4n) is 1.85. The minimum absolute atomic E-state index is 0.396. The number of nitrogens with one attached hydrogen (secondary N) is 1. The van der Waals surface area contributed by atoms with Crippen LogP contribution in [0.1, 0.15) is 5.56 Å². The van der Waals surface area contributed by atoms with E-state index in [1.165, 1.54) is 4.68 Å². The molecule has 0 bridgehead atoms. The van der Waals surface area contributed by atoms with E-state index in [9.17, 15) is 4.79 Å². The second kappa shape index (κ2) is 5.76. The van der Waals surface area contributed by atoms with Gasteiger partial charge in [0, 0.05) is 10.6 Å². The van der Waals surface area contributed by atoms with Crippen molar-refractivity contribution in [3.05, 3.63) is 75.7 Å². The fraction of sp³-hybridized carbons (Fsp3) is 0. The van der Waals surface area contributed by atoms with Crippen molar-refractivity contribution < 1.29 is 0 Å². The van der Waals surface area contributed by atoms with Gasteiger partial charge in [-0.2, -0.15) is 14.9 Å². The summed E-state index contributed by atoms with van der Waals surface area (Å²) < 4.78 is 1.22. The van der Waals surface area contributed by atoms with Crippen molar-refractivity contribution in [2.45, 2.75) is 0 Å². The highest BCUT2D eigenvalue weighted by molar-refractivity contribution is 6.30. The number of nitrogens with zero attached hydrogens (tertiary/aromatic N) is 3. The number of benzene rings is 2. The lowest BCUT2D eigenvalue weighted by Crippen LogP contribution is -2.13. The molecule has 0 fully saturated rings. The van der Waals surface area contributed by atoms with Gasteiger partial charge in [0.2, 0.25) is 0 Å². The van der Waals surface area contributed by atoms with E-state index < -0.39 is 5.69 Å². The Labute approximate surface area is 125 Å². The summed E-state index contributed by atoms with van der Waals surface area (Å²) in [7, 11) is 0. The van der Waals surface area contributed by atoms with Crippen molar-refractivity contribution in [1.82, 2.24) is 14.9 Å². The quantitative estimate of drug-likeness (QED) is 0.756. The van der Waals surface area contributed by atoms with Crippen molar-refractivity contribution in [3.8, 4) is 11.4 Å². The van der Waals surface area contributed by atoms with E-state index >= 15 is 0 Å². The van der Waals surface area contributed by atoms with Crippen molar-refractivity contribution in [3.63, 3.8) is 0 Å². The summed E-state index contributed by atoms with van der Waals surface area (Å²) in [6, 6.07) is 16.6. The molecule has 0 aliphatic carbocycles. The Bertz CT molecular complexity index is 819. The third-order valence-electron chi connectivity index (χ3n) is 2.87. The molecule has 1 aromatic heterocycles. The first kappa shape index (κ1) is 13.3. The van der Waals surface area contributed by atoms with Crippen LogP contribution in [0.5, 0.6) is 0 Å². The highest BCUT2D eigenvalue weighted by Crippen LogP contribution is 2.18. The molecule has 0 aliphatic heterocycles. The molecule has 6 heteroatoms. The molecule has 2 aromatic carbocycles. The maximum Gasteiger partial charge on any atom is 0.364 e. The van der Waals surface area contributed by atoms with Crippen molar-refractivity contribution in [2.75, 3.05) is 0 Å². The summed E-state index contributed by atoms with van der Waals surface area (Å²) in [5, 5.41) is 11.2. The number of hydrogen-bond acceptors (Lipinski definition) is 3. The molecular formula is C15H11ClN4O. The van der Waals surface area contributed by atoms with E-state index in [1.54, 1.807) is 30.5 Å². The Morgan fingerprint density at radius 1 is 1.10 bits per heavy atom. The number of halogens is 1. The van der Waals surface area contributed by atoms with Gasteiger partial charge in [-0.05, 0) is 29.8 Å². The zero-order valence-electron chi connectivity index (χ0n) is 10.9. The normalized spacial score (nSPS) is 11.1. The zero-order valence-corrected chi connectivity index (χ0v) is 11.7. The van der Waals surface area contributed by atoms with Crippen LogP contribution in [-0.4, -0.2) is 21.1 Å². The molecule has 0 saturated heterocycles. The number of hydrogen-bond donors (Lipinski definition) is 1. The van der Waals surface area contributed by atoms with Crippen LogP contribution in [0, 0.1) is 0 Å². The Balaban J connectivity index is 2.00. The lowest BCUT2D eigenvalue weighted by atomic mass is 10.2. The van der Waals surface area contributed by atoms with E-state index in [1.807, 2.05) is 30.3 Å². The molecular weight excluding hydrogens is 288 g/mol. The lowest BCUT2D eigenvalue weighted by molar-refractivity contribution is 0.842. The lowest BCUT2D eigenvalue weighted by Gasteiger charge is -2.00. The third-order valence-corrected chi connectivity index (χ3v) is 3.13. The van der Waals surface area contributed by atoms with E-state index in [-0.39, 0.29) is 0 Å². The Morgan fingerprint density at radius 2 is 1.81 bits per heavy atom. The Kier molecular flexibility index (Phi) is 3.66. The minimum atomic E-state index is -0.396. The van der Waals surface area contributed by atoms with Gasteiger partial charge in [-0.25, -0.2) is 9.89 Å². The van der Waals surface area contributed by atoms with Gasteiger partial charge in [0.05, 0.1) is 6.21 Å². The summed E-state index contributed by atoms with van der Waals surface area (Å²) in [5.74, 6) is 0.434. The molecule has 0 amide bonds. The van der Waals surface area contributed by atoms with Crippen molar-refractivity contribution in [1.29, 1.82) is 0 Å². The van der Waals surface area contributed by atoms with Gasteiger partial charge in [-0.1, -0.05) is 41.9 Å². The summed E-state index contributed by atoms with van der Waals surface area (Å²) in [6.07, 6.45) is 1.61. The van der Waals surface area contributed by atoms with Gasteiger partial charge in [0.15, 0.2) is 5.82 Å². The predicted octanol–water partition coefficient (Wildman–Crippen LogP) is 2.77. The molecule has 3 aromatic rings. The largest absolute Gasteiger partial charge is 0.364 e. The fourth-order valence-corrected chi connectivity index (χ4v) is 1.97. The molecule has 1 N–H and O–H groups in total. The van der Waals surface area contributed by atoms with Crippen molar-refractivity contribution in [2.24, 2.45) is 5.10 Å². The average Bonchev–Trinajstić information content (AvgIpc) is 2.88. The molecule has 1 heterocycles. The van der Waals surface area contributed by atoms with E-state index in [2.05, 4.69) is 15.3 Å². The maximum atomic E-state index is 11.8. The summed E-state index contributed by atoms with van der Waals surface area (Å²) >= 11 is 5.86. The first-order valence-electron chi connectivity index (χ1n) is 6.27. The van der Waals surface area contributed by atoms with Crippen LogP contribution < -0.4 is 5.69 Å². The Hall–Kier alpha value is -2.66. The van der Waals surface area contributed by atoms with Crippen LogP contribution in [0.3, 0.4) is 0 Å². The summed E-state index contributed by atoms with van der Waals surface area (Å²) in [6.45, 7) is 0. The predicted molar refractivity (Wildman–Crippen MR) is 82.7 cm³/mol. The first-order valence-corrected chi connectivity index (χ1v) is 6.64. The van der Waals surface area contributed by atoms with E-state index in [0.29, 0.717) is 10.8 Å². The number of rotatable bonds is 3. The molecule has 0 spiro atoms. The SMILES string of the molecule is O=c1[nH]nc(-c2ccc(Cl)cc2)n1/N=C/c1ccccc1. The molecule has 21 heavy (non-hydrogen) atoms. The molecule has 0 saturated carbocycles. The van der Waals surface area contributed by atoms with Crippen LogP contribution in [0.25, 0.3) is 11.4 Å². The smallest absolute Gasteiger partial charge is 0.244 e. The second-order valence-electron chi connectivity index (χ2n) is 4.33. The van der Waals surface area contributed by atoms with Crippen LogP contribution >= 0.6 is 11.6 Å². The summed E-state index contributed by atoms with van der Waals surface area (Å²) in [5.41, 5.74) is 1.25. The second-order valence-corrected chi connectivity index (χ2v) is 4.76. The van der Waals surface area contributed by atoms with Crippen LogP contribution in [-0.2, 0) is 0 Å². The molecule has 5 nitrogen and oxygen atoms in total. The highest BCUT2D eigenvalue weighted by atomic mass is 35.5. The summed E-state index contributed by atoms with van der Waals surface area (Å²) in [4.78, 5) is 11.8. The van der Waals surface area contributed by atoms with Gasteiger partial charge >= 0.3 is 5.69 Å². The molecule has 0 aliphatic rings. The molecule has 104 valence electrons. The van der Waals surface area contributed by atoms with Gasteiger partial charge in [-0.3, -0.25) is 0 Å². The Morgan fingerprint density at radius 3 is 2.52 bits per heavy atom. The minimum Gasteiger partial charge on any atom is -0.244 e. The third kappa shape index (κ3) is 2.93. The highest BCUT2D eigenvalue weighted by Gasteiger charge is 2.09. The van der Waals surface area contributed by atoms with Gasteiger partial charge in [-0.15, -0.1) is 0 Å². The van der Waals surface area contributed by atoms with Crippen LogP contribution in [0.4, 0.5) is 0 Å². The molecule has 0 atom stereocenters. The average molecular weight is 299 g/mol. The number of H-pyrrole nitrogens is 1. The monoisotopic (exact) mass is 298 g/mol. The topological polar surface area (TPSA) is 63.0 Å². The molecule has 0 radical (unpaired) electrons. The number of aromatic nitrogens is 3. The maximum absolute atomic E-state index is 11.8. The molecule has 0 unspecified atom stereocenters. The van der Waals surface area contributed by atoms with Gasteiger partial charge in [0.25, 0.3) is 0 Å². The molecule has 3 rings (SSSR count). The van der Waals surface area contributed by atoms with Crippen molar-refractivity contribution >= 4 is 17.8 Å². The number of aromatic amines is 1. The van der Waals surface area contributed by atoms with Crippen LogP contribution in [0.15, 0.2) is 64.5 Å². The zero-order chi connectivity index (χ0) is 14.7. The van der Waals surface area contributed by atoms with Crippen LogP contribution in [0.2, 0.25) is 5.02 Å². The van der Waals surface area contributed by atoms with Gasteiger partial charge < -0.3 is 0 Å². The van der Waals surface area contributed by atoms with E-state index in [4.69, 9.17) is 11.6 Å². The standard InChI is InChI=1S/C15H11ClN4O/c16-13-8-6-12(7-9-13)14-18-19-15(21)20(14)17-10-11-4-2-1-3-5-11/h1-10H,(H,19,21)/b17-10+.